The van der Waals surface area contributed by atoms with Gasteiger partial charge in [0.05, 0.1) is 0 Å². The quantitative estimate of drug-likeness (QED) is 0.721. The molecule has 0 radical (unpaired) electrons. The van der Waals surface area contributed by atoms with Crippen molar-refractivity contribution < 1.29 is 4.74 Å². The third kappa shape index (κ3) is 2.06. The predicted molar refractivity (Wildman–Crippen MR) is 65.6 cm³/mol. The van der Waals surface area contributed by atoms with E-state index >= 15 is 0 Å². The van der Waals surface area contributed by atoms with Crippen LogP contribution in [0.25, 0.3) is 0 Å². The summed E-state index contributed by atoms with van der Waals surface area (Å²) in [5.41, 5.74) is 1.44. The first-order valence-electron chi connectivity index (χ1n) is 6.13. The number of ether oxygens (including phenoxy) is 1. The van der Waals surface area contributed by atoms with Crippen LogP contribution in [0, 0.1) is 11.3 Å². The van der Waals surface area contributed by atoms with E-state index < -0.39 is 0 Å². The van der Waals surface area contributed by atoms with E-state index in [1.165, 1.54) is 5.56 Å². The molecule has 0 saturated carbocycles. The Morgan fingerprint density at radius 3 is 2.81 bits per heavy atom. The van der Waals surface area contributed by atoms with Gasteiger partial charge in [0.25, 0.3) is 0 Å². The van der Waals surface area contributed by atoms with Gasteiger partial charge in [0, 0.05) is 17.7 Å². The van der Waals surface area contributed by atoms with Gasteiger partial charge in [0.1, 0.15) is 6.10 Å². The molecule has 0 amide bonds. The summed E-state index contributed by atoms with van der Waals surface area (Å²) in [6.07, 6.45) is 4.35. The summed E-state index contributed by atoms with van der Waals surface area (Å²) in [6, 6.07) is 4.12. The third-order valence-electron chi connectivity index (χ3n) is 3.38. The zero-order valence-corrected chi connectivity index (χ0v) is 10.7. The molecule has 1 aliphatic heterocycles. The SMILES string of the molecule is CCC1Cc2cccnc2OC1C(C)(C)C. The van der Waals surface area contributed by atoms with Crippen LogP contribution in [-0.4, -0.2) is 11.1 Å². The second-order valence-electron chi connectivity index (χ2n) is 5.74. The van der Waals surface area contributed by atoms with Gasteiger partial charge >= 0.3 is 0 Å². The first-order valence-corrected chi connectivity index (χ1v) is 6.13. The van der Waals surface area contributed by atoms with E-state index in [4.69, 9.17) is 4.74 Å². The molecule has 0 spiro atoms. The van der Waals surface area contributed by atoms with Crippen molar-refractivity contribution in [2.45, 2.75) is 46.6 Å². The summed E-state index contributed by atoms with van der Waals surface area (Å²) >= 11 is 0. The molecule has 2 rings (SSSR count). The number of hydrogen-bond acceptors (Lipinski definition) is 2. The summed E-state index contributed by atoms with van der Waals surface area (Å²) in [4.78, 5) is 4.33. The Hall–Kier alpha value is -1.05. The van der Waals surface area contributed by atoms with Crippen LogP contribution in [-0.2, 0) is 6.42 Å². The van der Waals surface area contributed by atoms with Crippen molar-refractivity contribution in [1.82, 2.24) is 4.98 Å². The van der Waals surface area contributed by atoms with Gasteiger partial charge in [-0.3, -0.25) is 0 Å². The molecule has 16 heavy (non-hydrogen) atoms. The van der Waals surface area contributed by atoms with E-state index in [2.05, 4.69) is 38.7 Å². The Morgan fingerprint density at radius 1 is 1.44 bits per heavy atom. The maximum Gasteiger partial charge on any atom is 0.216 e. The first kappa shape index (κ1) is 11.4. The minimum Gasteiger partial charge on any atom is -0.473 e. The molecule has 88 valence electrons. The zero-order valence-electron chi connectivity index (χ0n) is 10.7. The van der Waals surface area contributed by atoms with E-state index in [0.29, 0.717) is 5.92 Å². The average Bonchev–Trinajstić information content (AvgIpc) is 2.26. The van der Waals surface area contributed by atoms with E-state index in [1.54, 1.807) is 0 Å². The van der Waals surface area contributed by atoms with Crippen molar-refractivity contribution in [3.05, 3.63) is 23.9 Å². The highest BCUT2D eigenvalue weighted by Crippen LogP contribution is 2.38. The Morgan fingerprint density at radius 2 is 2.19 bits per heavy atom. The molecule has 0 saturated heterocycles. The summed E-state index contributed by atoms with van der Waals surface area (Å²) in [5, 5.41) is 0. The highest BCUT2D eigenvalue weighted by atomic mass is 16.5. The van der Waals surface area contributed by atoms with Crippen LogP contribution >= 0.6 is 0 Å². The number of aromatic nitrogens is 1. The van der Waals surface area contributed by atoms with Crippen LogP contribution < -0.4 is 4.74 Å². The van der Waals surface area contributed by atoms with Crippen molar-refractivity contribution >= 4 is 0 Å². The second kappa shape index (κ2) is 4.08. The second-order valence-corrected chi connectivity index (χ2v) is 5.74. The lowest BCUT2D eigenvalue weighted by Gasteiger charge is -2.40. The summed E-state index contributed by atoms with van der Waals surface area (Å²) < 4.78 is 6.09. The predicted octanol–water partition coefficient (Wildman–Crippen LogP) is 3.46. The van der Waals surface area contributed by atoms with Gasteiger partial charge in [-0.1, -0.05) is 33.8 Å². The molecule has 0 N–H and O–H groups in total. The summed E-state index contributed by atoms with van der Waals surface area (Å²) in [5.74, 6) is 1.45. The number of hydrogen-bond donors (Lipinski definition) is 0. The van der Waals surface area contributed by atoms with Gasteiger partial charge in [-0.25, -0.2) is 4.98 Å². The molecule has 0 fully saturated rings. The number of fused-ring (bicyclic) bond motifs is 1. The number of pyridine rings is 1. The van der Waals surface area contributed by atoms with Crippen molar-refractivity contribution in [1.29, 1.82) is 0 Å². The summed E-state index contributed by atoms with van der Waals surface area (Å²) in [7, 11) is 0. The topological polar surface area (TPSA) is 22.1 Å². The Kier molecular flexibility index (Phi) is 2.92. The fourth-order valence-corrected chi connectivity index (χ4v) is 2.53. The zero-order chi connectivity index (χ0) is 11.8. The lowest BCUT2D eigenvalue weighted by molar-refractivity contribution is 0.0145. The van der Waals surface area contributed by atoms with Crippen molar-refractivity contribution in [3.63, 3.8) is 0 Å². The molecule has 1 aliphatic rings. The minimum absolute atomic E-state index is 0.176. The molecular formula is C14H21NO. The molecule has 2 nitrogen and oxygen atoms in total. The van der Waals surface area contributed by atoms with Crippen molar-refractivity contribution in [2.75, 3.05) is 0 Å². The fraction of sp³-hybridized carbons (Fsp3) is 0.643. The standard InChI is InChI=1S/C14H21NO/c1-5-10-9-11-7-6-8-15-13(11)16-12(10)14(2,3)4/h6-8,10,12H,5,9H2,1-4H3. The van der Waals surface area contributed by atoms with E-state index in [0.717, 1.165) is 18.7 Å². The molecule has 2 unspecified atom stereocenters. The van der Waals surface area contributed by atoms with Gasteiger partial charge < -0.3 is 4.74 Å². The van der Waals surface area contributed by atoms with Crippen LogP contribution in [0.4, 0.5) is 0 Å². The normalized spacial score (nSPS) is 24.8. The van der Waals surface area contributed by atoms with E-state index in [-0.39, 0.29) is 11.5 Å². The lowest BCUT2D eigenvalue weighted by Crippen LogP contribution is -2.42. The van der Waals surface area contributed by atoms with E-state index in [1.807, 2.05) is 12.3 Å². The van der Waals surface area contributed by atoms with Crippen LogP contribution in [0.15, 0.2) is 18.3 Å². The average molecular weight is 219 g/mol. The van der Waals surface area contributed by atoms with Crippen LogP contribution in [0.2, 0.25) is 0 Å². The minimum atomic E-state index is 0.176. The number of nitrogens with zero attached hydrogens (tertiary/aromatic N) is 1. The maximum atomic E-state index is 6.09. The van der Waals surface area contributed by atoms with Crippen LogP contribution in [0.1, 0.15) is 39.7 Å². The van der Waals surface area contributed by atoms with Crippen LogP contribution in [0.3, 0.4) is 0 Å². The summed E-state index contributed by atoms with van der Waals surface area (Å²) in [6.45, 7) is 8.98. The Balaban J connectivity index is 2.31. The van der Waals surface area contributed by atoms with Crippen LogP contribution in [0.5, 0.6) is 5.88 Å². The smallest absolute Gasteiger partial charge is 0.216 e. The first-order chi connectivity index (χ1) is 7.52. The van der Waals surface area contributed by atoms with Crippen molar-refractivity contribution in [2.24, 2.45) is 11.3 Å². The monoisotopic (exact) mass is 219 g/mol. The molecule has 2 atom stereocenters. The molecule has 2 heteroatoms. The van der Waals surface area contributed by atoms with Crippen molar-refractivity contribution in [3.8, 4) is 5.88 Å². The molecule has 1 aromatic rings. The Bertz CT molecular complexity index is 367. The largest absolute Gasteiger partial charge is 0.473 e. The fourth-order valence-electron chi connectivity index (χ4n) is 2.53. The Labute approximate surface area is 98.0 Å². The molecule has 0 bridgehead atoms. The molecule has 1 aromatic heterocycles. The molecule has 2 heterocycles. The molecule has 0 aromatic carbocycles. The number of rotatable bonds is 1. The van der Waals surface area contributed by atoms with Gasteiger partial charge in [-0.05, 0) is 24.3 Å². The molecular weight excluding hydrogens is 198 g/mol. The van der Waals surface area contributed by atoms with Gasteiger partial charge in [-0.2, -0.15) is 0 Å². The maximum absolute atomic E-state index is 6.09. The highest BCUT2D eigenvalue weighted by Gasteiger charge is 2.37. The molecule has 0 aliphatic carbocycles. The van der Waals surface area contributed by atoms with Gasteiger partial charge in [0.15, 0.2) is 0 Å². The highest BCUT2D eigenvalue weighted by molar-refractivity contribution is 5.28. The lowest BCUT2D eigenvalue weighted by atomic mass is 9.76. The van der Waals surface area contributed by atoms with Gasteiger partial charge in [0.2, 0.25) is 5.88 Å². The van der Waals surface area contributed by atoms with Gasteiger partial charge in [-0.15, -0.1) is 0 Å². The third-order valence-corrected chi connectivity index (χ3v) is 3.38. The van der Waals surface area contributed by atoms with E-state index in [9.17, 15) is 0 Å².